The summed E-state index contributed by atoms with van der Waals surface area (Å²) in [7, 11) is 0. The van der Waals surface area contributed by atoms with Crippen LogP contribution in [-0.2, 0) is 4.79 Å². The van der Waals surface area contributed by atoms with Crippen LogP contribution in [0.15, 0.2) is 42.5 Å². The molecule has 0 atom stereocenters. The second-order valence-corrected chi connectivity index (χ2v) is 6.54. The predicted molar refractivity (Wildman–Crippen MR) is 109 cm³/mol. The van der Waals surface area contributed by atoms with Gasteiger partial charge in [-0.2, -0.15) is 0 Å². The number of Topliss-reactive ketones (excluding diaryl/α,β-unsaturated/α-hetero) is 1. The molecular weight excluding hydrogens is 342 g/mol. The van der Waals surface area contributed by atoms with Gasteiger partial charge >= 0.3 is 0 Å². The van der Waals surface area contributed by atoms with E-state index < -0.39 is 0 Å². The molecule has 2 aromatic carbocycles. The fourth-order valence-corrected chi connectivity index (χ4v) is 2.95. The molecule has 3 rings (SSSR count). The number of carbonyl (C=O) groups is 1. The maximum atomic E-state index is 11.6. The molecule has 0 aliphatic carbocycles. The quantitative estimate of drug-likeness (QED) is 0.626. The van der Waals surface area contributed by atoms with Gasteiger partial charge in [-0.15, -0.1) is 0 Å². The van der Waals surface area contributed by atoms with Crippen molar-refractivity contribution >= 4 is 22.8 Å². The maximum Gasteiger partial charge on any atom is 0.180 e. The number of ketones is 1. The lowest BCUT2D eigenvalue weighted by Crippen LogP contribution is -2.22. The SMILES string of the molecule is CCC(CC)Oc1cccc(NOc2cccc3c2NCCC(=O)CN3)c1. The van der Waals surface area contributed by atoms with E-state index in [4.69, 9.17) is 9.57 Å². The van der Waals surface area contributed by atoms with Crippen LogP contribution in [0.25, 0.3) is 0 Å². The summed E-state index contributed by atoms with van der Waals surface area (Å²) < 4.78 is 5.99. The molecule has 0 saturated carbocycles. The van der Waals surface area contributed by atoms with Crippen LogP contribution in [0.4, 0.5) is 17.1 Å². The van der Waals surface area contributed by atoms with Gasteiger partial charge in [-0.05, 0) is 37.1 Å². The van der Waals surface area contributed by atoms with Crippen molar-refractivity contribution in [1.29, 1.82) is 0 Å². The molecule has 0 aromatic heterocycles. The highest BCUT2D eigenvalue weighted by Gasteiger charge is 2.14. The molecular formula is C21H27N3O3. The molecule has 1 aliphatic heterocycles. The Bertz CT molecular complexity index is 775. The number of ether oxygens (including phenoxy) is 1. The Morgan fingerprint density at radius 2 is 1.93 bits per heavy atom. The zero-order valence-corrected chi connectivity index (χ0v) is 15.9. The van der Waals surface area contributed by atoms with Crippen LogP contribution in [0.1, 0.15) is 33.1 Å². The van der Waals surface area contributed by atoms with Crippen molar-refractivity contribution in [1.82, 2.24) is 0 Å². The van der Waals surface area contributed by atoms with Gasteiger partial charge in [-0.3, -0.25) is 4.79 Å². The van der Waals surface area contributed by atoms with E-state index in [1.165, 1.54) is 0 Å². The fourth-order valence-electron chi connectivity index (χ4n) is 2.95. The van der Waals surface area contributed by atoms with Crippen molar-refractivity contribution in [3.63, 3.8) is 0 Å². The Morgan fingerprint density at radius 3 is 2.74 bits per heavy atom. The number of para-hydroxylation sites is 1. The average molecular weight is 369 g/mol. The third kappa shape index (κ3) is 5.06. The highest BCUT2D eigenvalue weighted by atomic mass is 16.6. The molecule has 27 heavy (non-hydrogen) atoms. The lowest BCUT2D eigenvalue weighted by molar-refractivity contribution is -0.117. The van der Waals surface area contributed by atoms with Crippen LogP contribution in [0.2, 0.25) is 0 Å². The summed E-state index contributed by atoms with van der Waals surface area (Å²) in [5.41, 5.74) is 5.50. The average Bonchev–Trinajstić information content (AvgIpc) is 2.68. The van der Waals surface area contributed by atoms with Crippen molar-refractivity contribution in [3.05, 3.63) is 42.5 Å². The van der Waals surface area contributed by atoms with E-state index >= 15 is 0 Å². The van der Waals surface area contributed by atoms with Gasteiger partial charge in [0.15, 0.2) is 11.5 Å². The number of anilines is 3. The molecule has 2 aromatic rings. The van der Waals surface area contributed by atoms with Crippen molar-refractivity contribution in [2.45, 2.75) is 39.2 Å². The van der Waals surface area contributed by atoms with Crippen molar-refractivity contribution in [3.8, 4) is 11.5 Å². The second-order valence-electron chi connectivity index (χ2n) is 6.54. The van der Waals surface area contributed by atoms with Gasteiger partial charge in [0.05, 0.1) is 24.0 Å². The largest absolute Gasteiger partial charge is 0.490 e. The first kappa shape index (κ1) is 18.9. The Balaban J connectivity index is 1.69. The van der Waals surface area contributed by atoms with Gasteiger partial charge < -0.3 is 20.2 Å². The number of hydrogen-bond acceptors (Lipinski definition) is 6. The first-order valence-corrected chi connectivity index (χ1v) is 9.51. The second kappa shape index (κ2) is 9.16. The third-order valence-corrected chi connectivity index (χ3v) is 4.53. The predicted octanol–water partition coefficient (Wildman–Crippen LogP) is 4.46. The summed E-state index contributed by atoms with van der Waals surface area (Å²) in [4.78, 5) is 17.5. The fraction of sp³-hybridized carbons (Fsp3) is 0.381. The number of nitrogens with one attached hydrogen (secondary N) is 3. The Morgan fingerprint density at radius 1 is 1.11 bits per heavy atom. The molecule has 0 bridgehead atoms. The van der Waals surface area contributed by atoms with E-state index in [1.54, 1.807) is 0 Å². The summed E-state index contributed by atoms with van der Waals surface area (Å²) in [6.45, 7) is 5.17. The molecule has 3 N–H and O–H groups in total. The van der Waals surface area contributed by atoms with Crippen molar-refractivity contribution in [2.24, 2.45) is 0 Å². The standard InChI is InChI=1S/C21H27N3O3/c1-3-17(4-2)26-18-8-5-7-15(13-18)24-27-20-10-6-9-19-21(20)22-12-11-16(25)14-23-19/h5-10,13,17,22-24H,3-4,11-12,14H2,1-2H3. The summed E-state index contributed by atoms with van der Waals surface area (Å²) >= 11 is 0. The molecule has 0 unspecified atom stereocenters. The molecule has 6 nitrogen and oxygen atoms in total. The van der Waals surface area contributed by atoms with Crippen LogP contribution in [0.5, 0.6) is 11.5 Å². The zero-order valence-electron chi connectivity index (χ0n) is 15.9. The highest BCUT2D eigenvalue weighted by Crippen LogP contribution is 2.33. The van der Waals surface area contributed by atoms with Gasteiger partial charge in [0.25, 0.3) is 0 Å². The molecule has 0 amide bonds. The molecule has 0 spiro atoms. The lowest BCUT2D eigenvalue weighted by atomic mass is 10.2. The van der Waals surface area contributed by atoms with Crippen LogP contribution in [0.3, 0.4) is 0 Å². The number of rotatable bonds is 7. The summed E-state index contributed by atoms with van der Waals surface area (Å²) in [5, 5.41) is 6.44. The summed E-state index contributed by atoms with van der Waals surface area (Å²) in [6, 6.07) is 13.4. The third-order valence-electron chi connectivity index (χ3n) is 4.53. The molecule has 0 radical (unpaired) electrons. The van der Waals surface area contributed by atoms with Gasteiger partial charge in [-0.1, -0.05) is 26.0 Å². The lowest BCUT2D eigenvalue weighted by Gasteiger charge is -2.20. The molecule has 1 aliphatic rings. The minimum atomic E-state index is 0.187. The van der Waals surface area contributed by atoms with Crippen molar-refractivity contribution < 1.29 is 14.4 Å². The number of benzene rings is 2. The smallest absolute Gasteiger partial charge is 0.180 e. The number of fused-ring (bicyclic) bond motifs is 1. The van der Waals surface area contributed by atoms with E-state index in [0.717, 1.165) is 35.7 Å². The maximum absolute atomic E-state index is 11.6. The summed E-state index contributed by atoms with van der Waals surface area (Å²) in [5.74, 6) is 1.67. The van der Waals surface area contributed by atoms with Gasteiger partial charge in [0, 0.05) is 19.0 Å². The van der Waals surface area contributed by atoms with E-state index in [9.17, 15) is 4.79 Å². The van der Waals surface area contributed by atoms with Crippen LogP contribution in [-0.4, -0.2) is 25.0 Å². The normalized spacial score (nSPS) is 13.7. The van der Waals surface area contributed by atoms with Gasteiger partial charge in [0.2, 0.25) is 0 Å². The first-order valence-electron chi connectivity index (χ1n) is 9.51. The van der Waals surface area contributed by atoms with E-state index in [1.807, 2.05) is 42.5 Å². The van der Waals surface area contributed by atoms with E-state index in [-0.39, 0.29) is 11.9 Å². The molecule has 6 heteroatoms. The summed E-state index contributed by atoms with van der Waals surface area (Å²) in [6.07, 6.45) is 2.65. The Hall–Kier alpha value is -2.89. The first-order chi connectivity index (χ1) is 13.2. The molecule has 0 saturated heterocycles. The number of carbonyl (C=O) groups excluding carboxylic acids is 1. The van der Waals surface area contributed by atoms with Gasteiger partial charge in [0.1, 0.15) is 11.4 Å². The zero-order chi connectivity index (χ0) is 19.1. The highest BCUT2D eigenvalue weighted by molar-refractivity contribution is 5.87. The van der Waals surface area contributed by atoms with Crippen LogP contribution < -0.4 is 25.7 Å². The van der Waals surface area contributed by atoms with Crippen molar-refractivity contribution in [2.75, 3.05) is 29.2 Å². The Kier molecular flexibility index (Phi) is 6.41. The monoisotopic (exact) mass is 369 g/mol. The Labute approximate surface area is 160 Å². The van der Waals surface area contributed by atoms with E-state index in [2.05, 4.69) is 30.0 Å². The van der Waals surface area contributed by atoms with E-state index in [0.29, 0.717) is 25.3 Å². The molecule has 0 fully saturated rings. The minimum absolute atomic E-state index is 0.187. The molecule has 144 valence electrons. The van der Waals surface area contributed by atoms with Gasteiger partial charge in [-0.25, -0.2) is 5.48 Å². The number of hydrogen-bond donors (Lipinski definition) is 3. The van der Waals surface area contributed by atoms with Crippen LogP contribution >= 0.6 is 0 Å². The molecule has 1 heterocycles. The topological polar surface area (TPSA) is 71.6 Å². The minimum Gasteiger partial charge on any atom is -0.490 e. The van der Waals surface area contributed by atoms with Crippen LogP contribution in [0, 0.1) is 0 Å².